The van der Waals surface area contributed by atoms with Gasteiger partial charge in [-0.3, -0.25) is 4.79 Å². The van der Waals surface area contributed by atoms with Crippen LogP contribution in [0, 0.1) is 0 Å². The van der Waals surface area contributed by atoms with Gasteiger partial charge >= 0.3 is 0 Å². The first-order valence-electron chi connectivity index (χ1n) is 7.65. The summed E-state index contributed by atoms with van der Waals surface area (Å²) >= 11 is 0. The minimum absolute atomic E-state index is 0.241. The second kappa shape index (κ2) is 5.83. The smallest absolute Gasteiger partial charge is 0.227 e. The number of benzene rings is 1. The average Bonchev–Trinajstić information content (AvgIpc) is 2.88. The molecule has 0 spiro atoms. The van der Waals surface area contributed by atoms with E-state index in [0.717, 1.165) is 50.0 Å². The van der Waals surface area contributed by atoms with Gasteiger partial charge in [-0.25, -0.2) is 0 Å². The third-order valence-electron chi connectivity index (χ3n) is 4.40. The summed E-state index contributed by atoms with van der Waals surface area (Å²) in [4.78, 5) is 13.9. The fourth-order valence-corrected chi connectivity index (χ4v) is 3.22. The quantitative estimate of drug-likeness (QED) is 0.889. The molecule has 1 aromatic rings. The van der Waals surface area contributed by atoms with Gasteiger partial charge in [0.25, 0.3) is 0 Å². The molecule has 0 atom stereocenters. The highest BCUT2D eigenvalue weighted by Gasteiger charge is 2.25. The SMILES string of the molecule is NC1CCC(Nc2ccccc2N2CCCC2=O)CC1. The summed E-state index contributed by atoms with van der Waals surface area (Å²) in [6.07, 6.45) is 6.04. The Morgan fingerprint density at radius 3 is 2.60 bits per heavy atom. The lowest BCUT2D eigenvalue weighted by atomic mass is 9.91. The Morgan fingerprint density at radius 2 is 1.90 bits per heavy atom. The Labute approximate surface area is 120 Å². The summed E-state index contributed by atoms with van der Waals surface area (Å²) in [7, 11) is 0. The van der Waals surface area contributed by atoms with Gasteiger partial charge in [-0.05, 0) is 44.2 Å². The number of amides is 1. The van der Waals surface area contributed by atoms with E-state index in [1.54, 1.807) is 0 Å². The van der Waals surface area contributed by atoms with Gasteiger partial charge in [0.1, 0.15) is 0 Å². The summed E-state index contributed by atoms with van der Waals surface area (Å²) in [5.41, 5.74) is 8.08. The summed E-state index contributed by atoms with van der Waals surface area (Å²) in [6, 6.07) is 9.00. The van der Waals surface area contributed by atoms with Crippen LogP contribution in [0.3, 0.4) is 0 Å². The number of nitrogens with two attached hydrogens (primary N) is 1. The normalized spacial score (nSPS) is 26.9. The number of anilines is 2. The first kappa shape index (κ1) is 13.4. The first-order valence-corrected chi connectivity index (χ1v) is 7.65. The van der Waals surface area contributed by atoms with E-state index in [-0.39, 0.29) is 5.91 Å². The Morgan fingerprint density at radius 1 is 1.15 bits per heavy atom. The van der Waals surface area contributed by atoms with Crippen molar-refractivity contribution in [2.45, 2.75) is 50.6 Å². The molecule has 1 saturated heterocycles. The molecule has 1 aliphatic carbocycles. The van der Waals surface area contributed by atoms with Crippen molar-refractivity contribution in [3.05, 3.63) is 24.3 Å². The van der Waals surface area contributed by atoms with Crippen molar-refractivity contribution in [1.82, 2.24) is 0 Å². The number of para-hydroxylation sites is 2. The lowest BCUT2D eigenvalue weighted by molar-refractivity contribution is -0.117. The maximum Gasteiger partial charge on any atom is 0.227 e. The number of nitrogens with zero attached hydrogens (tertiary/aromatic N) is 1. The molecule has 3 rings (SSSR count). The van der Waals surface area contributed by atoms with Crippen LogP contribution in [-0.2, 0) is 4.79 Å². The van der Waals surface area contributed by atoms with E-state index in [0.29, 0.717) is 18.5 Å². The second-order valence-corrected chi connectivity index (χ2v) is 5.92. The molecular formula is C16H23N3O. The molecule has 3 N–H and O–H groups in total. The third-order valence-corrected chi connectivity index (χ3v) is 4.40. The zero-order valence-electron chi connectivity index (χ0n) is 11.8. The van der Waals surface area contributed by atoms with Crippen LogP contribution in [0.4, 0.5) is 11.4 Å². The molecule has 0 radical (unpaired) electrons. The molecule has 0 aromatic heterocycles. The lowest BCUT2D eigenvalue weighted by Crippen LogP contribution is -2.33. The van der Waals surface area contributed by atoms with Crippen molar-refractivity contribution < 1.29 is 4.79 Å². The van der Waals surface area contributed by atoms with Crippen LogP contribution in [0.5, 0.6) is 0 Å². The number of carbonyl (C=O) groups excluding carboxylic acids is 1. The van der Waals surface area contributed by atoms with Gasteiger partial charge in [-0.1, -0.05) is 12.1 Å². The van der Waals surface area contributed by atoms with Crippen molar-refractivity contribution in [1.29, 1.82) is 0 Å². The van der Waals surface area contributed by atoms with Crippen LogP contribution in [0.15, 0.2) is 24.3 Å². The van der Waals surface area contributed by atoms with E-state index in [1.165, 1.54) is 0 Å². The zero-order chi connectivity index (χ0) is 13.9. The van der Waals surface area contributed by atoms with E-state index in [2.05, 4.69) is 11.4 Å². The van der Waals surface area contributed by atoms with Crippen molar-refractivity contribution in [2.24, 2.45) is 5.73 Å². The van der Waals surface area contributed by atoms with Gasteiger partial charge < -0.3 is 16.0 Å². The van der Waals surface area contributed by atoms with Gasteiger partial charge in [0.15, 0.2) is 0 Å². The molecule has 0 bridgehead atoms. The lowest BCUT2D eigenvalue weighted by Gasteiger charge is -2.29. The molecule has 1 heterocycles. The van der Waals surface area contributed by atoms with Gasteiger partial charge in [-0.15, -0.1) is 0 Å². The van der Waals surface area contributed by atoms with Crippen LogP contribution >= 0.6 is 0 Å². The highest BCUT2D eigenvalue weighted by Crippen LogP contribution is 2.31. The Kier molecular flexibility index (Phi) is 3.92. The van der Waals surface area contributed by atoms with E-state index < -0.39 is 0 Å². The molecule has 4 nitrogen and oxygen atoms in total. The maximum atomic E-state index is 11.9. The predicted molar refractivity (Wildman–Crippen MR) is 81.9 cm³/mol. The molecule has 20 heavy (non-hydrogen) atoms. The Hall–Kier alpha value is -1.55. The standard InChI is InChI=1S/C16H23N3O/c17-12-7-9-13(10-8-12)18-14-4-1-2-5-15(14)19-11-3-6-16(19)20/h1-2,4-5,12-13,18H,3,6-11,17H2. The number of hydrogen-bond acceptors (Lipinski definition) is 3. The molecule has 1 aliphatic heterocycles. The second-order valence-electron chi connectivity index (χ2n) is 5.92. The molecule has 1 amide bonds. The zero-order valence-corrected chi connectivity index (χ0v) is 11.8. The number of hydrogen-bond donors (Lipinski definition) is 2. The van der Waals surface area contributed by atoms with Gasteiger partial charge in [-0.2, -0.15) is 0 Å². The summed E-state index contributed by atoms with van der Waals surface area (Å²) in [5.74, 6) is 0.241. The topological polar surface area (TPSA) is 58.4 Å². The molecule has 0 unspecified atom stereocenters. The van der Waals surface area contributed by atoms with E-state index in [4.69, 9.17) is 5.73 Å². The van der Waals surface area contributed by atoms with E-state index in [1.807, 2.05) is 23.1 Å². The fraction of sp³-hybridized carbons (Fsp3) is 0.562. The third kappa shape index (κ3) is 2.80. The molecule has 1 saturated carbocycles. The van der Waals surface area contributed by atoms with Crippen molar-refractivity contribution >= 4 is 17.3 Å². The Bertz CT molecular complexity index is 480. The van der Waals surface area contributed by atoms with Gasteiger partial charge in [0.05, 0.1) is 11.4 Å². The average molecular weight is 273 g/mol. The highest BCUT2D eigenvalue weighted by molar-refractivity contribution is 5.98. The van der Waals surface area contributed by atoms with Crippen LogP contribution in [0.2, 0.25) is 0 Å². The molecule has 2 aliphatic rings. The summed E-state index contributed by atoms with van der Waals surface area (Å²) in [6.45, 7) is 0.840. The van der Waals surface area contributed by atoms with Crippen LogP contribution < -0.4 is 16.0 Å². The van der Waals surface area contributed by atoms with Crippen molar-refractivity contribution in [3.63, 3.8) is 0 Å². The van der Waals surface area contributed by atoms with Crippen LogP contribution in [0.25, 0.3) is 0 Å². The van der Waals surface area contributed by atoms with Crippen LogP contribution in [0.1, 0.15) is 38.5 Å². The highest BCUT2D eigenvalue weighted by atomic mass is 16.2. The predicted octanol–water partition coefficient (Wildman–Crippen LogP) is 2.50. The summed E-state index contributed by atoms with van der Waals surface area (Å²) < 4.78 is 0. The fourth-order valence-electron chi connectivity index (χ4n) is 3.22. The molecule has 4 heteroatoms. The largest absolute Gasteiger partial charge is 0.381 e. The van der Waals surface area contributed by atoms with E-state index in [9.17, 15) is 4.79 Å². The molecular weight excluding hydrogens is 250 g/mol. The van der Waals surface area contributed by atoms with Gasteiger partial charge in [0.2, 0.25) is 5.91 Å². The number of nitrogens with one attached hydrogen (secondary N) is 1. The van der Waals surface area contributed by atoms with Crippen molar-refractivity contribution in [3.8, 4) is 0 Å². The number of carbonyl (C=O) groups is 1. The molecule has 108 valence electrons. The number of rotatable bonds is 3. The van der Waals surface area contributed by atoms with Gasteiger partial charge in [0, 0.05) is 25.0 Å². The minimum Gasteiger partial charge on any atom is -0.381 e. The Balaban J connectivity index is 1.74. The molecule has 2 fully saturated rings. The summed E-state index contributed by atoms with van der Waals surface area (Å²) in [5, 5.41) is 3.62. The molecule has 1 aromatic carbocycles. The van der Waals surface area contributed by atoms with Crippen LogP contribution in [-0.4, -0.2) is 24.5 Å². The van der Waals surface area contributed by atoms with Crippen molar-refractivity contribution in [2.75, 3.05) is 16.8 Å². The first-order chi connectivity index (χ1) is 9.74. The maximum absolute atomic E-state index is 11.9. The monoisotopic (exact) mass is 273 g/mol. The minimum atomic E-state index is 0.241. The van der Waals surface area contributed by atoms with E-state index >= 15 is 0 Å².